The molecule has 10 nitrogen and oxygen atoms in total. The Kier molecular flexibility index (Phi) is 16.5. The zero-order chi connectivity index (χ0) is 36.1. The van der Waals surface area contributed by atoms with Crippen molar-refractivity contribution in [2.75, 3.05) is 6.61 Å². The van der Waals surface area contributed by atoms with E-state index in [2.05, 4.69) is 105 Å². The molecule has 0 fully saturated rings. The number of ether oxygens (including phenoxy) is 1. The Labute approximate surface area is 286 Å². The lowest BCUT2D eigenvalue weighted by atomic mass is 10.4. The van der Waals surface area contributed by atoms with Gasteiger partial charge < -0.3 is 37.7 Å². The predicted octanol–water partition coefficient (Wildman–Crippen LogP) is 8.58. The second kappa shape index (κ2) is 16.2. The van der Waals surface area contributed by atoms with Crippen molar-refractivity contribution in [3.63, 3.8) is 0 Å². The van der Waals surface area contributed by atoms with Crippen LogP contribution in [0.5, 0.6) is 0 Å². The van der Waals surface area contributed by atoms with Crippen molar-refractivity contribution in [1.29, 1.82) is 0 Å². The molecule has 0 saturated heterocycles. The topological polar surface area (TPSA) is 100 Å². The molecule has 0 aliphatic heterocycles. The highest BCUT2D eigenvalue weighted by atomic mass is 28.5. The van der Waals surface area contributed by atoms with Gasteiger partial charge in [-0.25, -0.2) is 4.79 Å². The fourth-order valence-corrected chi connectivity index (χ4v) is 50.3. The normalized spacial score (nSPS) is 14.9. The van der Waals surface area contributed by atoms with Gasteiger partial charge >= 0.3 is 65.9 Å². The van der Waals surface area contributed by atoms with Crippen LogP contribution in [-0.2, 0) is 42.5 Å². The van der Waals surface area contributed by atoms with E-state index in [-0.39, 0.29) is 6.61 Å². The molecule has 0 atom stereocenters. The van der Waals surface area contributed by atoms with E-state index in [1.54, 1.807) is 6.92 Å². The van der Waals surface area contributed by atoms with Crippen molar-refractivity contribution in [2.24, 2.45) is 0 Å². The minimum Gasteiger partial charge on any atom is -0.462 e. The minimum atomic E-state index is -2.95. The second-order valence-corrected chi connectivity index (χ2v) is 51.1. The van der Waals surface area contributed by atoms with E-state index in [4.69, 9.17) is 37.7 Å². The summed E-state index contributed by atoms with van der Waals surface area (Å²) in [6.07, 6.45) is 0.583. The smallest absolute Gasteiger partial charge is 0.333 e. The molecule has 0 radical (unpaired) electrons. The first-order valence-corrected chi connectivity index (χ1v) is 42.2. The van der Waals surface area contributed by atoms with Gasteiger partial charge in [0.1, 0.15) is 0 Å². The van der Waals surface area contributed by atoms with Gasteiger partial charge in [-0.1, -0.05) is 6.58 Å². The Morgan fingerprint density at radius 1 is 0.467 bits per heavy atom. The molecular formula is C26H68O10Si9. The monoisotopic (exact) mass is 792 g/mol. The molecule has 0 rings (SSSR count). The lowest BCUT2D eigenvalue weighted by Crippen LogP contribution is -2.62. The molecule has 0 aromatic heterocycles. The van der Waals surface area contributed by atoms with Crippen LogP contribution in [0.1, 0.15) is 13.3 Å². The van der Waals surface area contributed by atoms with Crippen LogP contribution in [0.4, 0.5) is 0 Å². The summed E-state index contributed by atoms with van der Waals surface area (Å²) in [4.78, 5) is 12.0. The van der Waals surface area contributed by atoms with Crippen LogP contribution in [-0.4, -0.2) is 89.1 Å². The summed E-state index contributed by atoms with van der Waals surface area (Å²) in [5.41, 5.74) is 0.375. The van der Waals surface area contributed by atoms with Gasteiger partial charge in [0, 0.05) is 5.57 Å². The average molecular weight is 794 g/mol. The zero-order valence-electron chi connectivity index (χ0n) is 32.4. The molecule has 0 N–H and O–H groups in total. The molecular weight excluding hydrogens is 725 g/mol. The zero-order valence-corrected chi connectivity index (χ0v) is 41.4. The van der Waals surface area contributed by atoms with Gasteiger partial charge in [0.2, 0.25) is 0 Å². The highest BCUT2D eigenvalue weighted by Crippen LogP contribution is 2.32. The Hall–Kier alpha value is 0.842. The molecule has 0 aromatic carbocycles. The molecule has 0 heterocycles. The Bertz CT molecular complexity index is 933. The summed E-state index contributed by atoms with van der Waals surface area (Å²) >= 11 is 0. The van der Waals surface area contributed by atoms with Gasteiger partial charge in [-0.3, -0.25) is 0 Å². The SMILES string of the molecule is C=C(C)C(=O)OCCC[Si](C)(O[Si](C)(C)O[Si](C)(C)O[Si](C)(C)O[Si](C)(C)C)O[Si](C)(C)O[Si](C)(C)O[Si](C)(C)O[Si](C)(C)C. The van der Waals surface area contributed by atoms with E-state index in [0.717, 1.165) is 0 Å². The summed E-state index contributed by atoms with van der Waals surface area (Å²) in [5, 5.41) is 0. The number of carbonyl (C=O) groups is 1. The van der Waals surface area contributed by atoms with Crippen molar-refractivity contribution < 1.29 is 42.5 Å². The maximum atomic E-state index is 12.0. The van der Waals surface area contributed by atoms with Crippen molar-refractivity contribution in [2.45, 2.75) is 144 Å². The summed E-state index contributed by atoms with van der Waals surface area (Å²) in [7, 11) is -22.2. The van der Waals surface area contributed by atoms with Gasteiger partial charge in [0.05, 0.1) is 6.61 Å². The average Bonchev–Trinajstić information content (AvgIpc) is 2.61. The van der Waals surface area contributed by atoms with Crippen LogP contribution < -0.4 is 0 Å². The van der Waals surface area contributed by atoms with E-state index < -0.39 is 82.5 Å². The third-order valence-corrected chi connectivity index (χ3v) is 38.6. The van der Waals surface area contributed by atoms with Crippen LogP contribution in [0.25, 0.3) is 0 Å². The summed E-state index contributed by atoms with van der Waals surface area (Å²) < 4.78 is 59.1. The van der Waals surface area contributed by atoms with E-state index in [9.17, 15) is 4.79 Å². The lowest BCUT2D eigenvalue weighted by Gasteiger charge is -2.45. The van der Waals surface area contributed by atoms with Gasteiger partial charge in [0.15, 0.2) is 16.6 Å². The maximum absolute atomic E-state index is 12.0. The van der Waals surface area contributed by atoms with Gasteiger partial charge in [-0.2, -0.15) is 0 Å². The molecule has 45 heavy (non-hydrogen) atoms. The van der Waals surface area contributed by atoms with E-state index in [1.165, 1.54) is 0 Å². The highest BCUT2D eigenvalue weighted by molar-refractivity contribution is 6.93. The molecule has 0 aliphatic carbocycles. The van der Waals surface area contributed by atoms with Crippen LogP contribution in [0.3, 0.4) is 0 Å². The van der Waals surface area contributed by atoms with E-state index in [0.29, 0.717) is 18.0 Å². The summed E-state index contributed by atoms with van der Waals surface area (Å²) in [5.74, 6) is -0.397. The fraction of sp³-hybridized carbons (Fsp3) is 0.885. The minimum absolute atomic E-state index is 0.251. The first-order chi connectivity index (χ1) is 19.5. The maximum Gasteiger partial charge on any atom is 0.333 e. The highest BCUT2D eigenvalue weighted by Gasteiger charge is 2.51. The summed E-state index contributed by atoms with van der Waals surface area (Å²) in [6, 6.07) is 0.597. The molecule has 0 amide bonds. The standard InChI is InChI=1S/C26H68O10Si9/c1-25(2)26(27)28-23-22-24-45(21,35-43(17,18)33-41(13,14)31-39(9,10)29-37(3,4)5)36-44(19,20)34-42(15,16)32-40(11,12)30-38(6,7)8/h1,22-24H2,2-21H3. The third-order valence-electron chi connectivity index (χ3n) is 5.35. The Morgan fingerprint density at radius 2 is 0.733 bits per heavy atom. The van der Waals surface area contributed by atoms with Gasteiger partial charge in [0.25, 0.3) is 0 Å². The van der Waals surface area contributed by atoms with Crippen LogP contribution in [0, 0.1) is 0 Å². The third kappa shape index (κ3) is 22.2. The van der Waals surface area contributed by atoms with Crippen molar-refractivity contribution in [1.82, 2.24) is 0 Å². The van der Waals surface area contributed by atoms with Gasteiger partial charge in [-0.15, -0.1) is 0 Å². The molecule has 0 aromatic rings. The number of esters is 1. The van der Waals surface area contributed by atoms with Crippen molar-refractivity contribution >= 4 is 82.5 Å². The molecule has 0 saturated carbocycles. The Balaban J connectivity index is 6.05. The molecule has 0 aliphatic rings. The first kappa shape index (κ1) is 45.8. The first-order valence-electron chi connectivity index (χ1n) is 15.9. The van der Waals surface area contributed by atoms with Crippen molar-refractivity contribution in [3.05, 3.63) is 12.2 Å². The Morgan fingerprint density at radius 3 is 1.00 bits per heavy atom. The second-order valence-electron chi connectivity index (χ2n) is 16.6. The van der Waals surface area contributed by atoms with Crippen LogP contribution in [0.15, 0.2) is 12.2 Å². The molecule has 0 unspecified atom stereocenters. The molecule has 268 valence electrons. The molecule has 0 bridgehead atoms. The van der Waals surface area contributed by atoms with E-state index in [1.807, 2.05) is 26.2 Å². The number of hydrogen-bond donors (Lipinski definition) is 0. The van der Waals surface area contributed by atoms with Crippen LogP contribution >= 0.6 is 0 Å². The number of carbonyl (C=O) groups excluding carboxylic acids is 1. The quantitative estimate of drug-likeness (QED) is 0.0487. The number of rotatable bonds is 21. The van der Waals surface area contributed by atoms with Gasteiger partial charge in [-0.05, 0) is 144 Å². The van der Waals surface area contributed by atoms with E-state index >= 15 is 0 Å². The largest absolute Gasteiger partial charge is 0.462 e. The fourth-order valence-electron chi connectivity index (χ4n) is 5.81. The number of hydrogen-bond acceptors (Lipinski definition) is 10. The van der Waals surface area contributed by atoms with Crippen molar-refractivity contribution in [3.8, 4) is 0 Å². The van der Waals surface area contributed by atoms with Crippen LogP contribution in [0.2, 0.25) is 130 Å². The lowest BCUT2D eigenvalue weighted by molar-refractivity contribution is -0.138. The summed E-state index contributed by atoms with van der Waals surface area (Å²) in [6.45, 7) is 45.5. The molecule has 19 heteroatoms. The molecule has 0 spiro atoms. The predicted molar refractivity (Wildman–Crippen MR) is 207 cm³/mol.